The molecule has 0 heterocycles. The molecule has 3 nitrogen and oxygen atoms in total. The molecule has 0 radical (unpaired) electrons. The molecule has 0 aliphatic carbocycles. The van der Waals surface area contributed by atoms with E-state index >= 15 is 0 Å². The predicted molar refractivity (Wildman–Crippen MR) is 59.5 cm³/mol. The van der Waals surface area contributed by atoms with Crippen molar-refractivity contribution < 1.29 is 18.6 Å². The van der Waals surface area contributed by atoms with E-state index in [1.54, 1.807) is 7.05 Å². The average molecular weight is 296 g/mol. The topological polar surface area (TPSA) is 41.5 Å². The van der Waals surface area contributed by atoms with Gasteiger partial charge < -0.3 is 15.2 Å². The molecule has 2 N–H and O–H groups in total. The first kappa shape index (κ1) is 13.3. The summed E-state index contributed by atoms with van der Waals surface area (Å²) in [6.45, 7) is 0.177. The molecule has 1 rings (SSSR count). The number of hydrogen-bond donors (Lipinski definition) is 2. The van der Waals surface area contributed by atoms with Crippen molar-refractivity contribution in [2.45, 2.75) is 6.10 Å². The first-order valence-electron chi connectivity index (χ1n) is 4.57. The minimum atomic E-state index is -1.03. The van der Waals surface area contributed by atoms with E-state index in [2.05, 4.69) is 21.2 Å². The Bertz CT molecular complexity index is 388. The maximum atomic E-state index is 13.6. The van der Waals surface area contributed by atoms with Crippen molar-refractivity contribution in [1.82, 2.24) is 5.32 Å². The van der Waals surface area contributed by atoms with Crippen molar-refractivity contribution >= 4 is 15.9 Å². The van der Waals surface area contributed by atoms with Gasteiger partial charge in [-0.2, -0.15) is 0 Å². The zero-order chi connectivity index (χ0) is 12.3. The summed E-state index contributed by atoms with van der Waals surface area (Å²) in [5.41, 5.74) is 0.0788. The Balaban J connectivity index is 3.27. The van der Waals surface area contributed by atoms with Gasteiger partial charge in [0, 0.05) is 12.1 Å². The Hall–Kier alpha value is -0.720. The quantitative estimate of drug-likeness (QED) is 0.835. The van der Waals surface area contributed by atoms with Crippen LogP contribution in [0.2, 0.25) is 0 Å². The summed E-state index contributed by atoms with van der Waals surface area (Å²) in [5.74, 6) is -1.79. The molecule has 16 heavy (non-hydrogen) atoms. The molecular formula is C10H12BrF2NO2. The summed E-state index contributed by atoms with van der Waals surface area (Å²) >= 11 is 2.77. The van der Waals surface area contributed by atoms with Gasteiger partial charge in [-0.25, -0.2) is 8.78 Å². The zero-order valence-electron chi connectivity index (χ0n) is 8.85. The van der Waals surface area contributed by atoms with Gasteiger partial charge in [0.1, 0.15) is 5.82 Å². The normalized spacial score (nSPS) is 12.6. The Morgan fingerprint density at radius 2 is 2.19 bits per heavy atom. The predicted octanol–water partition coefficient (Wildman–Crippen LogP) is 1.99. The molecule has 0 bridgehead atoms. The summed E-state index contributed by atoms with van der Waals surface area (Å²) < 4.78 is 31.4. The van der Waals surface area contributed by atoms with E-state index in [0.29, 0.717) is 0 Å². The molecule has 0 fully saturated rings. The number of aliphatic hydroxyl groups excluding tert-OH is 1. The van der Waals surface area contributed by atoms with Gasteiger partial charge in [0.2, 0.25) is 0 Å². The lowest BCUT2D eigenvalue weighted by Crippen LogP contribution is -2.18. The first-order chi connectivity index (χ1) is 7.52. The van der Waals surface area contributed by atoms with E-state index in [4.69, 9.17) is 4.74 Å². The molecular weight excluding hydrogens is 284 g/mol. The van der Waals surface area contributed by atoms with E-state index in [1.807, 2.05) is 0 Å². The van der Waals surface area contributed by atoms with Crippen LogP contribution < -0.4 is 10.1 Å². The van der Waals surface area contributed by atoms with Gasteiger partial charge >= 0.3 is 0 Å². The van der Waals surface area contributed by atoms with E-state index in [0.717, 1.165) is 6.07 Å². The molecule has 0 aliphatic rings. The van der Waals surface area contributed by atoms with Crippen LogP contribution in [0.3, 0.4) is 0 Å². The number of hydrogen-bond acceptors (Lipinski definition) is 3. The first-order valence-corrected chi connectivity index (χ1v) is 5.36. The molecule has 0 saturated carbocycles. The number of rotatable bonds is 4. The molecule has 1 aromatic rings. The van der Waals surface area contributed by atoms with Crippen molar-refractivity contribution in [3.63, 3.8) is 0 Å². The second kappa shape index (κ2) is 5.56. The third kappa shape index (κ3) is 2.50. The molecule has 90 valence electrons. The van der Waals surface area contributed by atoms with Crippen molar-refractivity contribution in [3.05, 3.63) is 27.7 Å². The molecule has 0 spiro atoms. The fourth-order valence-electron chi connectivity index (χ4n) is 1.35. The van der Waals surface area contributed by atoms with E-state index in [-0.39, 0.29) is 22.3 Å². The number of methoxy groups -OCH3 is 1. The van der Waals surface area contributed by atoms with Gasteiger partial charge in [-0.05, 0) is 29.0 Å². The van der Waals surface area contributed by atoms with Crippen LogP contribution in [0.4, 0.5) is 8.78 Å². The van der Waals surface area contributed by atoms with Crippen molar-refractivity contribution in [2.75, 3.05) is 20.7 Å². The summed E-state index contributed by atoms with van der Waals surface area (Å²) in [5, 5.41) is 12.4. The highest BCUT2D eigenvalue weighted by Gasteiger charge is 2.21. The largest absolute Gasteiger partial charge is 0.493 e. The summed E-state index contributed by atoms with van der Waals surface area (Å²) in [4.78, 5) is 0. The smallest absolute Gasteiger partial charge is 0.182 e. The number of halogens is 3. The van der Waals surface area contributed by atoms with E-state index in [1.165, 1.54) is 7.11 Å². The molecule has 0 aromatic heterocycles. The number of aliphatic hydroxyl groups is 1. The van der Waals surface area contributed by atoms with Gasteiger partial charge in [0.05, 0.1) is 17.7 Å². The molecule has 1 aromatic carbocycles. The van der Waals surface area contributed by atoms with Crippen LogP contribution >= 0.6 is 15.9 Å². The third-order valence-electron chi connectivity index (χ3n) is 2.11. The lowest BCUT2D eigenvalue weighted by molar-refractivity contribution is 0.171. The van der Waals surface area contributed by atoms with Crippen LogP contribution in [-0.2, 0) is 0 Å². The average Bonchev–Trinajstić information content (AvgIpc) is 2.26. The lowest BCUT2D eigenvalue weighted by atomic mass is 10.1. The number of nitrogens with one attached hydrogen (secondary N) is 1. The standard InChI is InChI=1S/C10H12BrF2NO2/c1-14-4-7(15)5-3-6(12)8(11)9(13)10(5)16-2/h3,7,14-15H,4H2,1-2H3. The molecule has 1 unspecified atom stereocenters. The molecule has 0 saturated heterocycles. The lowest BCUT2D eigenvalue weighted by Gasteiger charge is -2.16. The molecule has 0 aliphatic heterocycles. The Labute approximate surface area is 101 Å². The fourth-order valence-corrected chi connectivity index (χ4v) is 1.65. The van der Waals surface area contributed by atoms with Crippen LogP contribution in [0.5, 0.6) is 5.75 Å². The van der Waals surface area contributed by atoms with Crippen LogP contribution in [0, 0.1) is 11.6 Å². The Morgan fingerprint density at radius 1 is 1.56 bits per heavy atom. The maximum absolute atomic E-state index is 13.6. The number of benzene rings is 1. The highest BCUT2D eigenvalue weighted by molar-refractivity contribution is 9.10. The van der Waals surface area contributed by atoms with Gasteiger partial charge in [-0.1, -0.05) is 0 Å². The SMILES string of the molecule is CNCC(O)c1cc(F)c(Br)c(F)c1OC. The molecule has 0 amide bonds. The van der Waals surface area contributed by atoms with Crippen molar-refractivity contribution in [2.24, 2.45) is 0 Å². The fraction of sp³-hybridized carbons (Fsp3) is 0.400. The van der Waals surface area contributed by atoms with Gasteiger partial charge in [0.15, 0.2) is 11.6 Å². The minimum Gasteiger partial charge on any atom is -0.493 e. The molecule has 6 heteroatoms. The van der Waals surface area contributed by atoms with Crippen LogP contribution in [-0.4, -0.2) is 25.8 Å². The van der Waals surface area contributed by atoms with Crippen molar-refractivity contribution in [1.29, 1.82) is 0 Å². The Kier molecular flexibility index (Phi) is 4.64. The highest BCUT2D eigenvalue weighted by Crippen LogP contribution is 2.34. The second-order valence-corrected chi connectivity index (χ2v) is 3.98. The molecule has 1 atom stereocenters. The van der Waals surface area contributed by atoms with Crippen LogP contribution in [0.1, 0.15) is 11.7 Å². The van der Waals surface area contributed by atoms with E-state index in [9.17, 15) is 13.9 Å². The van der Waals surface area contributed by atoms with Crippen LogP contribution in [0.25, 0.3) is 0 Å². The van der Waals surface area contributed by atoms with Gasteiger partial charge in [-0.3, -0.25) is 0 Å². The monoisotopic (exact) mass is 295 g/mol. The van der Waals surface area contributed by atoms with Gasteiger partial charge in [0.25, 0.3) is 0 Å². The minimum absolute atomic E-state index is 0.0788. The van der Waals surface area contributed by atoms with Gasteiger partial charge in [-0.15, -0.1) is 0 Å². The number of likely N-dealkylation sites (N-methyl/N-ethyl adjacent to an activating group) is 1. The third-order valence-corrected chi connectivity index (χ3v) is 2.83. The van der Waals surface area contributed by atoms with E-state index < -0.39 is 17.7 Å². The summed E-state index contributed by atoms with van der Waals surface area (Å²) in [6, 6.07) is 1.05. The van der Waals surface area contributed by atoms with Crippen molar-refractivity contribution in [3.8, 4) is 5.75 Å². The summed E-state index contributed by atoms with van der Waals surface area (Å²) in [6.07, 6.45) is -1.03. The zero-order valence-corrected chi connectivity index (χ0v) is 10.4. The highest BCUT2D eigenvalue weighted by atomic mass is 79.9. The second-order valence-electron chi connectivity index (χ2n) is 3.18. The van der Waals surface area contributed by atoms with Crippen LogP contribution in [0.15, 0.2) is 10.5 Å². The summed E-state index contributed by atoms with van der Waals surface area (Å²) in [7, 11) is 2.89. The Morgan fingerprint density at radius 3 is 2.69 bits per heavy atom. The maximum Gasteiger partial charge on any atom is 0.182 e. The number of ether oxygens (including phenoxy) is 1.